The van der Waals surface area contributed by atoms with Crippen LogP contribution in [0, 0.1) is 11.3 Å². The summed E-state index contributed by atoms with van der Waals surface area (Å²) in [6.45, 7) is 2.87. The van der Waals surface area contributed by atoms with Crippen LogP contribution < -0.4 is 0 Å². The van der Waals surface area contributed by atoms with Gasteiger partial charge in [-0.25, -0.2) is 0 Å². The molecule has 1 rings (SSSR count). The highest BCUT2D eigenvalue weighted by atomic mass is 15.1. The summed E-state index contributed by atoms with van der Waals surface area (Å²) in [6.07, 6.45) is 0. The summed E-state index contributed by atoms with van der Waals surface area (Å²) in [6, 6.07) is 10.0. The first-order valence-corrected chi connectivity index (χ1v) is 5.44. The van der Waals surface area contributed by atoms with E-state index in [1.165, 1.54) is 0 Å². The second-order valence-corrected chi connectivity index (χ2v) is 4.31. The summed E-state index contributed by atoms with van der Waals surface area (Å²) in [5.41, 5.74) is 1.88. The van der Waals surface area contributed by atoms with Gasteiger partial charge in [0.15, 0.2) is 0 Å². The van der Waals surface area contributed by atoms with Crippen LogP contribution in [-0.2, 0) is 6.54 Å². The van der Waals surface area contributed by atoms with E-state index in [4.69, 9.17) is 5.26 Å². The van der Waals surface area contributed by atoms with Crippen molar-refractivity contribution in [1.82, 2.24) is 9.80 Å². The van der Waals surface area contributed by atoms with Crippen LogP contribution in [0.1, 0.15) is 11.1 Å². The number of hydrogen-bond acceptors (Lipinski definition) is 3. The Morgan fingerprint density at radius 1 is 1.12 bits per heavy atom. The quantitative estimate of drug-likeness (QED) is 0.749. The lowest BCUT2D eigenvalue weighted by Gasteiger charge is -2.19. The molecule has 0 heterocycles. The molecule has 0 saturated carbocycles. The molecule has 86 valence electrons. The average molecular weight is 217 g/mol. The highest BCUT2D eigenvalue weighted by Crippen LogP contribution is 2.09. The largest absolute Gasteiger partial charge is 0.308 e. The van der Waals surface area contributed by atoms with Crippen LogP contribution in [0.2, 0.25) is 0 Å². The lowest BCUT2D eigenvalue weighted by atomic mass is 10.1. The second-order valence-electron chi connectivity index (χ2n) is 4.31. The number of rotatable bonds is 5. The van der Waals surface area contributed by atoms with Gasteiger partial charge >= 0.3 is 0 Å². The molecule has 3 nitrogen and oxygen atoms in total. The lowest BCUT2D eigenvalue weighted by molar-refractivity contribution is 0.276. The van der Waals surface area contributed by atoms with Crippen molar-refractivity contribution in [2.24, 2.45) is 0 Å². The minimum absolute atomic E-state index is 0.777. The molecule has 1 aromatic carbocycles. The van der Waals surface area contributed by atoms with Gasteiger partial charge in [0.1, 0.15) is 0 Å². The van der Waals surface area contributed by atoms with Crippen LogP contribution in [0.3, 0.4) is 0 Å². The Hall–Kier alpha value is -1.37. The van der Waals surface area contributed by atoms with Crippen LogP contribution in [-0.4, -0.2) is 44.0 Å². The molecule has 0 radical (unpaired) electrons. The van der Waals surface area contributed by atoms with E-state index in [1.807, 2.05) is 24.3 Å². The molecule has 3 heteroatoms. The lowest BCUT2D eigenvalue weighted by Crippen LogP contribution is -2.28. The zero-order valence-electron chi connectivity index (χ0n) is 10.3. The first-order valence-electron chi connectivity index (χ1n) is 5.44. The van der Waals surface area contributed by atoms with E-state index in [9.17, 15) is 0 Å². The monoisotopic (exact) mass is 217 g/mol. The predicted octanol–water partition coefficient (Wildman–Crippen LogP) is 1.55. The van der Waals surface area contributed by atoms with Gasteiger partial charge in [-0.05, 0) is 32.8 Å². The molecule has 0 amide bonds. The van der Waals surface area contributed by atoms with Crippen molar-refractivity contribution in [1.29, 1.82) is 5.26 Å². The maximum absolute atomic E-state index is 8.97. The smallest absolute Gasteiger partial charge is 0.0995 e. The predicted molar refractivity (Wildman–Crippen MR) is 66.0 cm³/mol. The Balaban J connectivity index is 2.56. The minimum Gasteiger partial charge on any atom is -0.308 e. The van der Waals surface area contributed by atoms with Gasteiger partial charge in [0.25, 0.3) is 0 Å². The van der Waals surface area contributed by atoms with E-state index in [-0.39, 0.29) is 0 Å². The third kappa shape index (κ3) is 4.01. The molecule has 0 unspecified atom stereocenters. The maximum atomic E-state index is 8.97. The number of hydrogen-bond donors (Lipinski definition) is 0. The zero-order valence-corrected chi connectivity index (χ0v) is 10.3. The van der Waals surface area contributed by atoms with Crippen molar-refractivity contribution in [2.75, 3.05) is 34.2 Å². The molecule has 0 aliphatic heterocycles. The highest BCUT2D eigenvalue weighted by molar-refractivity contribution is 5.37. The second kappa shape index (κ2) is 6.26. The van der Waals surface area contributed by atoms with Crippen LogP contribution in [0.15, 0.2) is 24.3 Å². The molecule has 1 aromatic rings. The van der Waals surface area contributed by atoms with Crippen molar-refractivity contribution in [2.45, 2.75) is 6.54 Å². The van der Waals surface area contributed by atoms with E-state index in [0.717, 1.165) is 30.8 Å². The van der Waals surface area contributed by atoms with Gasteiger partial charge in [-0.2, -0.15) is 5.26 Å². The highest BCUT2D eigenvalue weighted by Gasteiger charge is 2.04. The fraction of sp³-hybridized carbons (Fsp3) is 0.462. The molecule has 0 saturated heterocycles. The molecule has 0 fully saturated rings. The number of likely N-dealkylation sites (N-methyl/N-ethyl adjacent to an activating group) is 2. The Morgan fingerprint density at radius 2 is 1.81 bits per heavy atom. The number of nitrogens with zero attached hydrogens (tertiary/aromatic N) is 3. The summed E-state index contributed by atoms with van der Waals surface area (Å²) in [7, 11) is 6.21. The van der Waals surface area contributed by atoms with Gasteiger partial charge in [0.2, 0.25) is 0 Å². The topological polar surface area (TPSA) is 30.3 Å². The summed E-state index contributed by atoms with van der Waals surface area (Å²) < 4.78 is 0. The maximum Gasteiger partial charge on any atom is 0.0995 e. The first kappa shape index (κ1) is 12.7. The summed E-state index contributed by atoms with van der Waals surface area (Å²) in [5, 5.41) is 8.97. The van der Waals surface area contributed by atoms with E-state index in [2.05, 4.69) is 37.0 Å². The number of nitriles is 1. The standard InChI is InChI=1S/C13H19N3/c1-15(2)8-9-16(3)11-13-7-5-4-6-12(13)10-14/h4-7H,8-9,11H2,1-3H3. The molecular formula is C13H19N3. The molecule has 0 aliphatic rings. The first-order chi connectivity index (χ1) is 7.63. The van der Waals surface area contributed by atoms with Gasteiger partial charge in [-0.15, -0.1) is 0 Å². The zero-order chi connectivity index (χ0) is 12.0. The Morgan fingerprint density at radius 3 is 2.44 bits per heavy atom. The van der Waals surface area contributed by atoms with Gasteiger partial charge in [-0.1, -0.05) is 18.2 Å². The van der Waals surface area contributed by atoms with Crippen LogP contribution in [0.4, 0.5) is 0 Å². The van der Waals surface area contributed by atoms with E-state index >= 15 is 0 Å². The van der Waals surface area contributed by atoms with Gasteiger partial charge in [0, 0.05) is 19.6 Å². The van der Waals surface area contributed by atoms with Gasteiger partial charge in [-0.3, -0.25) is 0 Å². The minimum atomic E-state index is 0.777. The van der Waals surface area contributed by atoms with Crippen molar-refractivity contribution in [3.8, 4) is 6.07 Å². The van der Waals surface area contributed by atoms with E-state index < -0.39 is 0 Å². The van der Waals surface area contributed by atoms with Gasteiger partial charge < -0.3 is 9.80 Å². The fourth-order valence-corrected chi connectivity index (χ4v) is 1.51. The fourth-order valence-electron chi connectivity index (χ4n) is 1.51. The van der Waals surface area contributed by atoms with Crippen LogP contribution >= 0.6 is 0 Å². The Bertz CT molecular complexity index is 366. The molecular weight excluding hydrogens is 198 g/mol. The molecule has 16 heavy (non-hydrogen) atoms. The molecule has 0 bridgehead atoms. The summed E-state index contributed by atoms with van der Waals surface area (Å²) in [5.74, 6) is 0. The molecule has 0 spiro atoms. The molecule has 0 aliphatic carbocycles. The van der Waals surface area contributed by atoms with Crippen molar-refractivity contribution in [3.63, 3.8) is 0 Å². The van der Waals surface area contributed by atoms with Crippen molar-refractivity contribution in [3.05, 3.63) is 35.4 Å². The van der Waals surface area contributed by atoms with Crippen LogP contribution in [0.5, 0.6) is 0 Å². The summed E-state index contributed by atoms with van der Waals surface area (Å²) >= 11 is 0. The normalized spacial score (nSPS) is 10.8. The molecule has 0 N–H and O–H groups in total. The Kier molecular flexibility index (Phi) is 4.97. The van der Waals surface area contributed by atoms with Crippen molar-refractivity contribution < 1.29 is 0 Å². The molecule has 0 aromatic heterocycles. The molecule has 0 atom stereocenters. The SMILES string of the molecule is CN(C)CCN(C)Cc1ccccc1C#N. The van der Waals surface area contributed by atoms with Crippen LogP contribution in [0.25, 0.3) is 0 Å². The third-order valence-corrected chi connectivity index (χ3v) is 2.51. The van der Waals surface area contributed by atoms with Gasteiger partial charge in [0.05, 0.1) is 11.6 Å². The third-order valence-electron chi connectivity index (χ3n) is 2.51. The van der Waals surface area contributed by atoms with Crippen molar-refractivity contribution >= 4 is 0 Å². The average Bonchev–Trinajstić information content (AvgIpc) is 2.27. The number of benzene rings is 1. The Labute approximate surface area is 97.9 Å². The van der Waals surface area contributed by atoms with E-state index in [1.54, 1.807) is 0 Å². The van der Waals surface area contributed by atoms with E-state index in [0.29, 0.717) is 0 Å². The summed E-state index contributed by atoms with van der Waals surface area (Å²) in [4.78, 5) is 4.39.